The minimum absolute atomic E-state index is 0.319. The third-order valence-corrected chi connectivity index (χ3v) is 3.48. The highest BCUT2D eigenvalue weighted by atomic mass is 35.5. The van der Waals surface area contributed by atoms with Crippen LogP contribution in [0.25, 0.3) is 0 Å². The Kier molecular flexibility index (Phi) is 5.44. The second-order valence-electron chi connectivity index (χ2n) is 4.72. The third-order valence-electron chi connectivity index (χ3n) is 3.21. The second-order valence-corrected chi connectivity index (χ2v) is 5.10. The molecule has 2 atom stereocenters. The van der Waals surface area contributed by atoms with E-state index in [0.29, 0.717) is 30.2 Å². The van der Waals surface area contributed by atoms with E-state index in [1.807, 2.05) is 0 Å². The number of likely N-dealkylation sites (tertiary alicyclic amines) is 1. The van der Waals surface area contributed by atoms with E-state index in [0.717, 1.165) is 25.8 Å². The van der Waals surface area contributed by atoms with Gasteiger partial charge in [0.05, 0.1) is 0 Å². The Balaban J connectivity index is 2.35. The van der Waals surface area contributed by atoms with Crippen molar-refractivity contribution >= 4 is 17.5 Å². The van der Waals surface area contributed by atoms with Gasteiger partial charge in [-0.05, 0) is 38.5 Å². The van der Waals surface area contributed by atoms with Gasteiger partial charge in [0.15, 0.2) is 0 Å². The molecule has 88 valence electrons. The molecule has 2 unspecified atom stereocenters. The van der Waals surface area contributed by atoms with Gasteiger partial charge in [0.2, 0.25) is 5.91 Å². The summed E-state index contributed by atoms with van der Waals surface area (Å²) in [6.07, 6.45) is 4.96. The quantitative estimate of drug-likeness (QED) is 0.538. The molecule has 0 radical (unpaired) electrons. The predicted octanol–water partition coefficient (Wildman–Crippen LogP) is 3.04. The Hall–Kier alpha value is -0.240. The van der Waals surface area contributed by atoms with Crippen molar-refractivity contribution in [2.75, 3.05) is 12.4 Å². The summed E-state index contributed by atoms with van der Waals surface area (Å²) in [5, 5.41) is 0. The Morgan fingerprint density at radius 1 is 1.33 bits per heavy atom. The summed E-state index contributed by atoms with van der Waals surface area (Å²) < 4.78 is 0. The molecule has 1 fully saturated rings. The lowest BCUT2D eigenvalue weighted by atomic mass is 9.94. The molecule has 0 aromatic rings. The molecule has 2 nitrogen and oxygen atoms in total. The molecule has 0 aromatic heterocycles. The van der Waals surface area contributed by atoms with Crippen molar-refractivity contribution in [3.63, 3.8) is 0 Å². The first-order valence-electron chi connectivity index (χ1n) is 6.00. The molecule has 15 heavy (non-hydrogen) atoms. The molecule has 0 spiro atoms. The molecule has 1 amide bonds. The highest BCUT2D eigenvalue weighted by molar-refractivity contribution is 6.17. The first-order chi connectivity index (χ1) is 7.15. The van der Waals surface area contributed by atoms with Gasteiger partial charge in [-0.1, -0.05) is 6.92 Å². The highest BCUT2D eigenvalue weighted by Gasteiger charge is 2.26. The van der Waals surface area contributed by atoms with Crippen molar-refractivity contribution in [3.05, 3.63) is 0 Å². The number of halogens is 1. The van der Waals surface area contributed by atoms with Crippen LogP contribution in [0.1, 0.15) is 46.0 Å². The van der Waals surface area contributed by atoms with E-state index in [4.69, 9.17) is 11.6 Å². The fourth-order valence-electron chi connectivity index (χ4n) is 2.15. The zero-order valence-electron chi connectivity index (χ0n) is 9.84. The zero-order chi connectivity index (χ0) is 11.3. The van der Waals surface area contributed by atoms with Gasteiger partial charge in [0, 0.05) is 24.9 Å². The molecule has 1 aliphatic rings. The van der Waals surface area contributed by atoms with Gasteiger partial charge in [-0.2, -0.15) is 0 Å². The molecule has 0 aromatic carbocycles. The van der Waals surface area contributed by atoms with Gasteiger partial charge in [0.25, 0.3) is 0 Å². The lowest BCUT2D eigenvalue weighted by molar-refractivity contribution is -0.135. The van der Waals surface area contributed by atoms with E-state index in [2.05, 4.69) is 18.7 Å². The predicted molar refractivity (Wildman–Crippen MR) is 64.1 cm³/mol. The minimum atomic E-state index is 0.319. The van der Waals surface area contributed by atoms with Crippen molar-refractivity contribution in [3.8, 4) is 0 Å². The minimum Gasteiger partial charge on any atom is -0.340 e. The normalized spacial score (nSPS) is 26.7. The summed E-state index contributed by atoms with van der Waals surface area (Å²) in [5.74, 6) is 1.65. The largest absolute Gasteiger partial charge is 0.340 e. The van der Waals surface area contributed by atoms with E-state index < -0.39 is 0 Å². The maximum atomic E-state index is 11.9. The van der Waals surface area contributed by atoms with Crippen molar-refractivity contribution in [2.45, 2.75) is 52.0 Å². The number of alkyl halides is 1. The van der Waals surface area contributed by atoms with Crippen molar-refractivity contribution < 1.29 is 4.79 Å². The number of nitrogens with zero attached hydrogens (tertiary/aromatic N) is 1. The SMILES string of the molecule is CC1CCC(C)N(C(=O)CCCCCl)C1. The van der Waals surface area contributed by atoms with Crippen LogP contribution in [0.5, 0.6) is 0 Å². The summed E-state index contributed by atoms with van der Waals surface area (Å²) >= 11 is 5.60. The van der Waals surface area contributed by atoms with Crippen LogP contribution in [0.2, 0.25) is 0 Å². The lowest BCUT2D eigenvalue weighted by Crippen LogP contribution is -2.44. The van der Waals surface area contributed by atoms with Crippen LogP contribution in [0.4, 0.5) is 0 Å². The fraction of sp³-hybridized carbons (Fsp3) is 0.917. The molecule has 1 saturated heterocycles. The van der Waals surface area contributed by atoms with E-state index >= 15 is 0 Å². The van der Waals surface area contributed by atoms with Gasteiger partial charge >= 0.3 is 0 Å². The third kappa shape index (κ3) is 4.02. The Morgan fingerprint density at radius 2 is 2.07 bits per heavy atom. The second kappa shape index (κ2) is 6.37. The average Bonchev–Trinajstić information content (AvgIpc) is 2.22. The molecule has 0 bridgehead atoms. The number of carbonyl (C=O) groups is 1. The van der Waals surface area contributed by atoms with Gasteiger partial charge in [-0.3, -0.25) is 4.79 Å². The first-order valence-corrected chi connectivity index (χ1v) is 6.54. The number of hydrogen-bond acceptors (Lipinski definition) is 1. The van der Waals surface area contributed by atoms with Gasteiger partial charge < -0.3 is 4.90 Å². The molecule has 0 saturated carbocycles. The molecule has 1 heterocycles. The Labute approximate surface area is 98.0 Å². The van der Waals surface area contributed by atoms with Crippen LogP contribution in [-0.4, -0.2) is 29.3 Å². The number of carbonyl (C=O) groups excluding carboxylic acids is 1. The van der Waals surface area contributed by atoms with E-state index in [-0.39, 0.29) is 0 Å². The molecule has 0 aliphatic carbocycles. The average molecular weight is 232 g/mol. The lowest BCUT2D eigenvalue weighted by Gasteiger charge is -2.37. The molecule has 0 N–H and O–H groups in total. The summed E-state index contributed by atoms with van der Waals surface area (Å²) in [4.78, 5) is 14.0. The number of rotatable bonds is 4. The standard InChI is InChI=1S/C12H22ClNO/c1-10-6-7-11(2)14(9-10)12(15)5-3-4-8-13/h10-11H,3-9H2,1-2H3. The van der Waals surface area contributed by atoms with Crippen LogP contribution in [-0.2, 0) is 4.79 Å². The van der Waals surface area contributed by atoms with Crippen LogP contribution in [0.15, 0.2) is 0 Å². The van der Waals surface area contributed by atoms with Gasteiger partial charge in [0.1, 0.15) is 0 Å². The van der Waals surface area contributed by atoms with Crippen LogP contribution < -0.4 is 0 Å². The van der Waals surface area contributed by atoms with E-state index in [1.165, 1.54) is 6.42 Å². The Bertz CT molecular complexity index is 208. The molecule has 3 heteroatoms. The maximum absolute atomic E-state index is 11.9. The van der Waals surface area contributed by atoms with Crippen molar-refractivity contribution in [1.82, 2.24) is 4.90 Å². The van der Waals surface area contributed by atoms with Crippen LogP contribution in [0.3, 0.4) is 0 Å². The molecular weight excluding hydrogens is 210 g/mol. The molecule has 1 rings (SSSR count). The molecule has 1 aliphatic heterocycles. The first kappa shape index (κ1) is 12.8. The summed E-state index contributed by atoms with van der Waals surface area (Å²) in [5.41, 5.74) is 0. The van der Waals surface area contributed by atoms with Gasteiger partial charge in [-0.15, -0.1) is 11.6 Å². The maximum Gasteiger partial charge on any atom is 0.222 e. The summed E-state index contributed by atoms with van der Waals surface area (Å²) in [6, 6.07) is 0.435. The van der Waals surface area contributed by atoms with Gasteiger partial charge in [-0.25, -0.2) is 0 Å². The number of piperidine rings is 1. The smallest absolute Gasteiger partial charge is 0.222 e. The number of amides is 1. The topological polar surface area (TPSA) is 20.3 Å². The van der Waals surface area contributed by atoms with E-state index in [1.54, 1.807) is 0 Å². The fourth-order valence-corrected chi connectivity index (χ4v) is 2.34. The van der Waals surface area contributed by atoms with Crippen LogP contribution >= 0.6 is 11.6 Å². The zero-order valence-corrected chi connectivity index (χ0v) is 10.6. The summed E-state index contributed by atoms with van der Waals surface area (Å²) in [7, 11) is 0. The van der Waals surface area contributed by atoms with E-state index in [9.17, 15) is 4.79 Å². The van der Waals surface area contributed by atoms with Crippen LogP contribution in [0, 0.1) is 5.92 Å². The number of hydrogen-bond donors (Lipinski definition) is 0. The summed E-state index contributed by atoms with van der Waals surface area (Å²) in [6.45, 7) is 5.33. The van der Waals surface area contributed by atoms with Crippen molar-refractivity contribution in [1.29, 1.82) is 0 Å². The van der Waals surface area contributed by atoms with Crippen molar-refractivity contribution in [2.24, 2.45) is 5.92 Å². The Morgan fingerprint density at radius 3 is 2.73 bits per heavy atom. The monoisotopic (exact) mass is 231 g/mol. The molecular formula is C12H22ClNO. The number of unbranched alkanes of at least 4 members (excludes halogenated alkanes) is 1. The highest BCUT2D eigenvalue weighted by Crippen LogP contribution is 2.22.